The van der Waals surface area contributed by atoms with Gasteiger partial charge in [0.05, 0.1) is 6.04 Å². The van der Waals surface area contributed by atoms with Gasteiger partial charge < -0.3 is 5.21 Å². The third-order valence-corrected chi connectivity index (χ3v) is 0.534. The summed E-state index contributed by atoms with van der Waals surface area (Å²) in [6.45, 7) is 0. The van der Waals surface area contributed by atoms with E-state index in [4.69, 9.17) is 5.21 Å². The fourth-order valence-electron chi connectivity index (χ4n) is 0.142. The average molecular weight is 71.1 g/mol. The molecule has 0 aliphatic heterocycles. The standard InChI is InChI=1S/C3H5NO/c5-4-3-1-2-3/h1-5H. The van der Waals surface area contributed by atoms with Crippen molar-refractivity contribution in [1.29, 1.82) is 0 Å². The van der Waals surface area contributed by atoms with Gasteiger partial charge in [-0.1, -0.05) is 12.2 Å². The van der Waals surface area contributed by atoms with E-state index in [0.717, 1.165) is 0 Å². The first-order valence-electron chi connectivity index (χ1n) is 1.51. The maximum Gasteiger partial charge on any atom is 0.0682 e. The zero-order valence-corrected chi connectivity index (χ0v) is 2.68. The van der Waals surface area contributed by atoms with Gasteiger partial charge in [0.2, 0.25) is 0 Å². The van der Waals surface area contributed by atoms with E-state index in [1.54, 1.807) is 0 Å². The molecule has 2 nitrogen and oxygen atoms in total. The molecule has 0 aromatic heterocycles. The summed E-state index contributed by atoms with van der Waals surface area (Å²) in [5, 5.41) is 7.89. The molecule has 0 radical (unpaired) electrons. The fourth-order valence-corrected chi connectivity index (χ4v) is 0.142. The molecule has 1 aliphatic rings. The van der Waals surface area contributed by atoms with Crippen LogP contribution in [0.2, 0.25) is 0 Å². The molecule has 0 aromatic rings. The van der Waals surface area contributed by atoms with E-state index in [9.17, 15) is 0 Å². The van der Waals surface area contributed by atoms with E-state index in [-0.39, 0.29) is 6.04 Å². The number of nitrogens with one attached hydrogen (secondary N) is 1. The van der Waals surface area contributed by atoms with Crippen LogP contribution in [0.25, 0.3) is 0 Å². The Morgan fingerprint density at radius 2 is 2.20 bits per heavy atom. The van der Waals surface area contributed by atoms with Crippen molar-refractivity contribution in [1.82, 2.24) is 5.48 Å². The molecule has 0 saturated carbocycles. The lowest BCUT2D eigenvalue weighted by atomic mass is 10.7. The molecule has 2 heteroatoms. The van der Waals surface area contributed by atoms with E-state index in [2.05, 4.69) is 0 Å². The molecular weight excluding hydrogens is 66.0 g/mol. The van der Waals surface area contributed by atoms with Crippen LogP contribution in [0, 0.1) is 0 Å². The molecule has 0 unspecified atom stereocenters. The van der Waals surface area contributed by atoms with Crippen molar-refractivity contribution in [2.75, 3.05) is 0 Å². The summed E-state index contributed by atoms with van der Waals surface area (Å²) in [5.41, 5.74) is 2.03. The van der Waals surface area contributed by atoms with Crippen molar-refractivity contribution in [2.24, 2.45) is 0 Å². The molecule has 28 valence electrons. The Kier molecular flexibility index (Phi) is 0.465. The molecule has 0 bridgehead atoms. The van der Waals surface area contributed by atoms with Gasteiger partial charge in [-0.2, -0.15) is 5.48 Å². The molecule has 0 spiro atoms. The van der Waals surface area contributed by atoms with E-state index >= 15 is 0 Å². The second kappa shape index (κ2) is 0.808. The van der Waals surface area contributed by atoms with Gasteiger partial charge in [0.1, 0.15) is 0 Å². The molecule has 5 heavy (non-hydrogen) atoms. The molecule has 0 atom stereocenters. The third kappa shape index (κ3) is 0.464. The second-order valence-corrected chi connectivity index (χ2v) is 1.04. The summed E-state index contributed by atoms with van der Waals surface area (Å²) in [7, 11) is 0. The van der Waals surface area contributed by atoms with E-state index in [0.29, 0.717) is 0 Å². The average Bonchev–Trinajstić information content (AvgIpc) is 2.12. The van der Waals surface area contributed by atoms with Gasteiger partial charge in [-0.15, -0.1) is 0 Å². The second-order valence-electron chi connectivity index (χ2n) is 1.04. The van der Waals surface area contributed by atoms with Gasteiger partial charge in [0, 0.05) is 0 Å². The lowest BCUT2D eigenvalue weighted by Crippen LogP contribution is -2.09. The number of hydrogen-bond donors (Lipinski definition) is 2. The van der Waals surface area contributed by atoms with Crippen molar-refractivity contribution in [3.63, 3.8) is 0 Å². The summed E-state index contributed by atoms with van der Waals surface area (Å²) >= 11 is 0. The van der Waals surface area contributed by atoms with Crippen molar-refractivity contribution in [2.45, 2.75) is 6.04 Å². The first-order valence-corrected chi connectivity index (χ1v) is 1.51. The predicted octanol–water partition coefficient (Wildman–Crippen LogP) is -0.0964. The normalized spacial score (nSPS) is 20.2. The van der Waals surface area contributed by atoms with Crippen molar-refractivity contribution in [3.05, 3.63) is 12.2 Å². The van der Waals surface area contributed by atoms with Crippen LogP contribution in [0.5, 0.6) is 0 Å². The monoisotopic (exact) mass is 71.0 g/mol. The summed E-state index contributed by atoms with van der Waals surface area (Å²) in [5.74, 6) is 0. The molecule has 1 rings (SSSR count). The summed E-state index contributed by atoms with van der Waals surface area (Å²) < 4.78 is 0. The quantitative estimate of drug-likeness (QED) is 0.334. The molecule has 0 heterocycles. The van der Waals surface area contributed by atoms with Crippen LogP contribution in [-0.4, -0.2) is 11.2 Å². The van der Waals surface area contributed by atoms with Gasteiger partial charge in [-0.3, -0.25) is 0 Å². The highest BCUT2D eigenvalue weighted by atomic mass is 16.5. The van der Waals surface area contributed by atoms with Crippen LogP contribution < -0.4 is 5.48 Å². The summed E-state index contributed by atoms with van der Waals surface area (Å²) in [6, 6.07) is 0.190. The summed E-state index contributed by atoms with van der Waals surface area (Å²) in [4.78, 5) is 0. The predicted molar refractivity (Wildman–Crippen MR) is 17.9 cm³/mol. The van der Waals surface area contributed by atoms with Crippen molar-refractivity contribution >= 4 is 0 Å². The van der Waals surface area contributed by atoms with Gasteiger partial charge >= 0.3 is 0 Å². The minimum absolute atomic E-state index is 0.190. The lowest BCUT2D eigenvalue weighted by molar-refractivity contribution is 0.167. The Balaban J connectivity index is 2.06. The maximum atomic E-state index is 7.89. The minimum atomic E-state index is 0.190. The first kappa shape index (κ1) is 2.87. The highest BCUT2D eigenvalue weighted by Crippen LogP contribution is 2.00. The number of hydroxylamine groups is 1. The van der Waals surface area contributed by atoms with Crippen LogP contribution in [0.3, 0.4) is 0 Å². The van der Waals surface area contributed by atoms with Gasteiger partial charge in [0.15, 0.2) is 0 Å². The maximum absolute atomic E-state index is 7.89. The Bertz CT molecular complexity index is 53.9. The van der Waals surface area contributed by atoms with Crippen LogP contribution >= 0.6 is 0 Å². The molecule has 0 amide bonds. The molecular formula is C3H5NO. The first-order chi connectivity index (χ1) is 2.43. The van der Waals surface area contributed by atoms with Crippen LogP contribution in [-0.2, 0) is 0 Å². The summed E-state index contributed by atoms with van der Waals surface area (Å²) in [6.07, 6.45) is 3.72. The van der Waals surface area contributed by atoms with Crippen LogP contribution in [0.15, 0.2) is 12.2 Å². The Morgan fingerprint density at radius 3 is 2.20 bits per heavy atom. The molecule has 0 fully saturated rings. The van der Waals surface area contributed by atoms with E-state index < -0.39 is 0 Å². The number of hydrogen-bond acceptors (Lipinski definition) is 2. The SMILES string of the molecule is ONC1C=C1. The highest BCUT2D eigenvalue weighted by Gasteiger charge is 2.05. The zero-order valence-electron chi connectivity index (χ0n) is 2.68. The van der Waals surface area contributed by atoms with Crippen molar-refractivity contribution < 1.29 is 5.21 Å². The van der Waals surface area contributed by atoms with Crippen LogP contribution in [0.1, 0.15) is 0 Å². The van der Waals surface area contributed by atoms with Crippen LogP contribution in [0.4, 0.5) is 0 Å². The minimum Gasteiger partial charge on any atom is -0.316 e. The Labute approximate surface area is 30.1 Å². The largest absolute Gasteiger partial charge is 0.316 e. The highest BCUT2D eigenvalue weighted by molar-refractivity contribution is 5.18. The Morgan fingerprint density at radius 1 is 1.60 bits per heavy atom. The van der Waals surface area contributed by atoms with E-state index in [1.807, 2.05) is 17.6 Å². The lowest BCUT2D eigenvalue weighted by Gasteiger charge is -1.81. The van der Waals surface area contributed by atoms with Crippen molar-refractivity contribution in [3.8, 4) is 0 Å². The topological polar surface area (TPSA) is 32.3 Å². The molecule has 0 aromatic carbocycles. The fraction of sp³-hybridized carbons (Fsp3) is 0.333. The van der Waals surface area contributed by atoms with E-state index in [1.165, 1.54) is 0 Å². The number of rotatable bonds is 1. The van der Waals surface area contributed by atoms with Gasteiger partial charge in [0.25, 0.3) is 0 Å². The Hall–Kier alpha value is -0.340. The van der Waals surface area contributed by atoms with Gasteiger partial charge in [-0.25, -0.2) is 0 Å². The smallest absolute Gasteiger partial charge is 0.0682 e. The molecule has 1 aliphatic carbocycles. The zero-order chi connectivity index (χ0) is 3.70. The van der Waals surface area contributed by atoms with Gasteiger partial charge in [-0.05, 0) is 0 Å². The molecule has 2 N–H and O–H groups in total. The third-order valence-electron chi connectivity index (χ3n) is 0.534. The molecule has 0 saturated heterocycles.